The Hall–Kier alpha value is -1.77. The van der Waals surface area contributed by atoms with Gasteiger partial charge in [0.1, 0.15) is 16.5 Å². The fraction of sp³-hybridized carbons (Fsp3) is 0.0588. The van der Waals surface area contributed by atoms with Crippen LogP contribution in [0.1, 0.15) is 0 Å². The van der Waals surface area contributed by atoms with E-state index < -0.39 is 11.8 Å². The van der Waals surface area contributed by atoms with Crippen LogP contribution in [0.25, 0.3) is 0 Å². The standard InChI is InChI=1S/C17H11Cl2IN2O3/c1-25-13-7-2-9(18)8-12(13)22-16(23)14(19)15(17(22)24)21-11-5-3-10(20)4-6-11/h2-8,21H,1H3. The third-order valence-corrected chi connectivity index (χ3v) is 4.83. The molecule has 0 spiro atoms. The van der Waals surface area contributed by atoms with Crippen LogP contribution >= 0.6 is 45.8 Å². The van der Waals surface area contributed by atoms with Gasteiger partial charge in [0.05, 0.1) is 12.8 Å². The molecule has 2 aromatic carbocycles. The number of methoxy groups -OCH3 is 1. The van der Waals surface area contributed by atoms with Gasteiger partial charge in [0.2, 0.25) is 0 Å². The normalized spacial score (nSPS) is 14.3. The van der Waals surface area contributed by atoms with Gasteiger partial charge >= 0.3 is 0 Å². The Morgan fingerprint density at radius 1 is 1.04 bits per heavy atom. The smallest absolute Gasteiger partial charge is 0.283 e. The van der Waals surface area contributed by atoms with E-state index in [0.29, 0.717) is 16.5 Å². The van der Waals surface area contributed by atoms with Gasteiger partial charge in [0, 0.05) is 14.3 Å². The topological polar surface area (TPSA) is 58.6 Å². The van der Waals surface area contributed by atoms with Crippen molar-refractivity contribution in [3.05, 3.63) is 61.8 Å². The molecule has 2 aromatic rings. The van der Waals surface area contributed by atoms with Gasteiger partial charge in [-0.3, -0.25) is 9.59 Å². The van der Waals surface area contributed by atoms with Crippen LogP contribution in [0.15, 0.2) is 53.2 Å². The average Bonchev–Trinajstić information content (AvgIpc) is 2.80. The highest BCUT2D eigenvalue weighted by molar-refractivity contribution is 14.1. The Morgan fingerprint density at radius 2 is 1.72 bits per heavy atom. The first-order valence-corrected chi connectivity index (χ1v) is 8.90. The second-order valence-electron chi connectivity index (χ2n) is 5.08. The fourth-order valence-corrected chi connectivity index (χ4v) is 3.08. The summed E-state index contributed by atoms with van der Waals surface area (Å²) in [6.45, 7) is 0. The first-order chi connectivity index (χ1) is 11.9. The van der Waals surface area contributed by atoms with Gasteiger partial charge in [-0.15, -0.1) is 0 Å². The van der Waals surface area contributed by atoms with E-state index in [9.17, 15) is 9.59 Å². The molecule has 8 heteroatoms. The maximum Gasteiger partial charge on any atom is 0.283 e. The number of nitrogens with one attached hydrogen (secondary N) is 1. The molecular formula is C17H11Cl2IN2O3. The molecule has 1 aliphatic heterocycles. The van der Waals surface area contributed by atoms with Crippen molar-refractivity contribution in [2.75, 3.05) is 17.3 Å². The number of carbonyl (C=O) groups excluding carboxylic acids is 2. The van der Waals surface area contributed by atoms with Crippen LogP contribution in [0, 0.1) is 3.57 Å². The Morgan fingerprint density at radius 3 is 2.36 bits per heavy atom. The number of hydrogen-bond donors (Lipinski definition) is 1. The Labute approximate surface area is 167 Å². The first-order valence-electron chi connectivity index (χ1n) is 7.07. The van der Waals surface area contributed by atoms with E-state index in [-0.39, 0.29) is 16.4 Å². The van der Waals surface area contributed by atoms with Crippen molar-refractivity contribution < 1.29 is 14.3 Å². The number of rotatable bonds is 4. The predicted octanol–water partition coefficient (Wildman–Crippen LogP) is 4.39. The molecule has 0 saturated carbocycles. The van der Waals surface area contributed by atoms with Gasteiger partial charge in [-0.1, -0.05) is 23.2 Å². The third kappa shape index (κ3) is 3.47. The summed E-state index contributed by atoms with van der Waals surface area (Å²) in [5.74, 6) is -0.875. The second kappa shape index (κ2) is 7.23. The minimum atomic E-state index is -0.639. The molecule has 0 fully saturated rings. The number of anilines is 2. The molecule has 0 aromatic heterocycles. The van der Waals surface area contributed by atoms with Crippen LogP contribution in [0.3, 0.4) is 0 Å². The lowest BCUT2D eigenvalue weighted by Gasteiger charge is -2.18. The summed E-state index contributed by atoms with van der Waals surface area (Å²) < 4.78 is 6.27. The zero-order valence-electron chi connectivity index (χ0n) is 12.8. The van der Waals surface area contributed by atoms with E-state index in [4.69, 9.17) is 27.9 Å². The van der Waals surface area contributed by atoms with Crippen LogP contribution < -0.4 is 15.0 Å². The highest BCUT2D eigenvalue weighted by atomic mass is 127. The number of halogens is 3. The summed E-state index contributed by atoms with van der Waals surface area (Å²) in [4.78, 5) is 26.2. The number of imide groups is 1. The molecule has 25 heavy (non-hydrogen) atoms. The molecule has 0 aliphatic carbocycles. The Balaban J connectivity index is 1.96. The average molecular weight is 489 g/mol. The lowest BCUT2D eigenvalue weighted by atomic mass is 10.2. The molecule has 0 atom stereocenters. The fourth-order valence-electron chi connectivity index (χ4n) is 2.35. The molecule has 5 nitrogen and oxygen atoms in total. The van der Waals surface area contributed by atoms with Gasteiger partial charge < -0.3 is 10.1 Å². The monoisotopic (exact) mass is 488 g/mol. The van der Waals surface area contributed by atoms with Gasteiger partial charge in [0.15, 0.2) is 0 Å². The molecule has 0 saturated heterocycles. The maximum absolute atomic E-state index is 12.8. The number of nitrogens with zero attached hydrogens (tertiary/aromatic N) is 1. The highest BCUT2D eigenvalue weighted by Gasteiger charge is 2.40. The summed E-state index contributed by atoms with van der Waals surface area (Å²) >= 11 is 14.3. The lowest BCUT2D eigenvalue weighted by molar-refractivity contribution is -0.120. The van der Waals surface area contributed by atoms with E-state index >= 15 is 0 Å². The van der Waals surface area contributed by atoms with E-state index in [2.05, 4.69) is 27.9 Å². The summed E-state index contributed by atoms with van der Waals surface area (Å²) in [5.41, 5.74) is 0.895. The first kappa shape index (κ1) is 18.0. The molecule has 3 rings (SSSR count). The predicted molar refractivity (Wildman–Crippen MR) is 106 cm³/mol. The van der Waals surface area contributed by atoms with Gasteiger partial charge in [-0.25, -0.2) is 4.90 Å². The van der Waals surface area contributed by atoms with E-state index in [1.165, 1.54) is 13.2 Å². The summed E-state index contributed by atoms with van der Waals surface area (Å²) in [6, 6.07) is 12.0. The number of amides is 2. The zero-order chi connectivity index (χ0) is 18.1. The zero-order valence-corrected chi connectivity index (χ0v) is 16.5. The van der Waals surface area contributed by atoms with Crippen molar-refractivity contribution in [1.82, 2.24) is 0 Å². The van der Waals surface area contributed by atoms with Crippen molar-refractivity contribution >= 4 is 69.0 Å². The molecule has 1 heterocycles. The van der Waals surface area contributed by atoms with Crippen molar-refractivity contribution in [3.63, 3.8) is 0 Å². The van der Waals surface area contributed by atoms with Crippen molar-refractivity contribution in [1.29, 1.82) is 0 Å². The number of hydrogen-bond acceptors (Lipinski definition) is 4. The Kier molecular flexibility index (Phi) is 5.21. The largest absolute Gasteiger partial charge is 0.495 e. The van der Waals surface area contributed by atoms with Gasteiger partial charge in [0.25, 0.3) is 11.8 Å². The Bertz CT molecular complexity index is 897. The molecule has 0 bridgehead atoms. The maximum atomic E-state index is 12.8. The van der Waals surface area contributed by atoms with E-state index in [0.717, 1.165) is 8.47 Å². The molecule has 128 valence electrons. The van der Waals surface area contributed by atoms with E-state index in [1.54, 1.807) is 24.3 Å². The second-order valence-corrected chi connectivity index (χ2v) is 7.14. The molecule has 1 aliphatic rings. The van der Waals surface area contributed by atoms with Crippen LogP contribution in [0.4, 0.5) is 11.4 Å². The summed E-state index contributed by atoms with van der Waals surface area (Å²) in [7, 11) is 1.44. The summed E-state index contributed by atoms with van der Waals surface area (Å²) in [5, 5.41) is 3.09. The van der Waals surface area contributed by atoms with Crippen LogP contribution in [-0.4, -0.2) is 18.9 Å². The lowest BCUT2D eigenvalue weighted by Crippen LogP contribution is -2.32. The minimum absolute atomic E-state index is 0.00917. The highest BCUT2D eigenvalue weighted by Crippen LogP contribution is 2.37. The van der Waals surface area contributed by atoms with Crippen molar-refractivity contribution in [2.45, 2.75) is 0 Å². The SMILES string of the molecule is COc1ccc(Cl)cc1N1C(=O)C(Cl)=C(Nc2ccc(I)cc2)C1=O. The van der Waals surface area contributed by atoms with Gasteiger partial charge in [-0.2, -0.15) is 0 Å². The molecule has 1 N–H and O–H groups in total. The minimum Gasteiger partial charge on any atom is -0.495 e. The number of carbonyl (C=O) groups is 2. The van der Waals surface area contributed by atoms with E-state index in [1.807, 2.05) is 12.1 Å². The van der Waals surface area contributed by atoms with Gasteiger partial charge in [-0.05, 0) is 65.1 Å². The number of ether oxygens (including phenoxy) is 1. The quantitative estimate of drug-likeness (QED) is 0.512. The third-order valence-electron chi connectivity index (χ3n) is 3.52. The molecule has 0 radical (unpaired) electrons. The molecule has 0 unspecified atom stereocenters. The summed E-state index contributed by atoms with van der Waals surface area (Å²) in [6.07, 6.45) is 0. The molecule has 2 amide bonds. The van der Waals surface area contributed by atoms with Crippen LogP contribution in [-0.2, 0) is 9.59 Å². The molecular weight excluding hydrogens is 478 g/mol. The van der Waals surface area contributed by atoms with Crippen molar-refractivity contribution in [3.8, 4) is 5.75 Å². The number of benzene rings is 2. The van der Waals surface area contributed by atoms with Crippen molar-refractivity contribution in [2.24, 2.45) is 0 Å². The van der Waals surface area contributed by atoms with Crippen LogP contribution in [0.2, 0.25) is 5.02 Å². The van der Waals surface area contributed by atoms with Crippen LogP contribution in [0.5, 0.6) is 5.75 Å².